The topological polar surface area (TPSA) is 17.1 Å². The molecule has 0 rings (SSSR count). The minimum atomic E-state index is 0.0270. The summed E-state index contributed by atoms with van der Waals surface area (Å²) in [4.78, 5) is 11.3. The third-order valence-electron chi connectivity index (χ3n) is 1.33. The van der Waals surface area contributed by atoms with Gasteiger partial charge in [-0.05, 0) is 0 Å². The second kappa shape index (κ2) is 4.67. The van der Waals surface area contributed by atoms with Crippen LogP contribution in [0, 0.1) is 5.92 Å². The summed E-state index contributed by atoms with van der Waals surface area (Å²) in [5.41, 5.74) is 0.634. The lowest BCUT2D eigenvalue weighted by Crippen LogP contribution is -2.08. The van der Waals surface area contributed by atoms with Crippen molar-refractivity contribution in [3.8, 4) is 0 Å². The zero-order valence-corrected chi connectivity index (χ0v) is 7.13. The van der Waals surface area contributed by atoms with E-state index in [1.165, 1.54) is 0 Å². The molecular formula is C10H14O. The normalized spacial score (nSPS) is 11.4. The van der Waals surface area contributed by atoms with E-state index in [9.17, 15) is 4.79 Å². The third kappa shape index (κ3) is 2.99. The SMILES string of the molecule is C=C/C=C(\C=C)C(=O)C(C)C. The number of Topliss-reactive ketones (excluding diaryl/α,β-unsaturated/α-hetero) is 1. The van der Waals surface area contributed by atoms with Crippen molar-refractivity contribution in [1.29, 1.82) is 0 Å². The Bertz CT molecular complexity index is 197. The maximum Gasteiger partial charge on any atom is 0.165 e. The highest BCUT2D eigenvalue weighted by atomic mass is 16.1. The lowest BCUT2D eigenvalue weighted by molar-refractivity contribution is -0.117. The summed E-state index contributed by atoms with van der Waals surface area (Å²) >= 11 is 0. The summed E-state index contributed by atoms with van der Waals surface area (Å²) in [6, 6.07) is 0. The fourth-order valence-electron chi connectivity index (χ4n) is 0.711. The van der Waals surface area contributed by atoms with Crippen LogP contribution >= 0.6 is 0 Å². The standard InChI is InChI=1S/C10H14O/c1-5-7-9(6-2)10(11)8(3)4/h5-8H,1-2H2,3-4H3/b9-7+. The molecule has 0 fully saturated rings. The van der Waals surface area contributed by atoms with Gasteiger partial charge in [-0.25, -0.2) is 0 Å². The number of hydrogen-bond donors (Lipinski definition) is 0. The first-order chi connectivity index (χ1) is 5.13. The van der Waals surface area contributed by atoms with Gasteiger partial charge in [-0.1, -0.05) is 45.2 Å². The Morgan fingerprint density at radius 2 is 1.91 bits per heavy atom. The van der Waals surface area contributed by atoms with Crippen LogP contribution in [0.25, 0.3) is 0 Å². The summed E-state index contributed by atoms with van der Waals surface area (Å²) in [5.74, 6) is 0.138. The number of rotatable bonds is 4. The van der Waals surface area contributed by atoms with Crippen molar-refractivity contribution in [2.24, 2.45) is 5.92 Å². The largest absolute Gasteiger partial charge is 0.294 e. The van der Waals surface area contributed by atoms with Crippen LogP contribution in [0.5, 0.6) is 0 Å². The first kappa shape index (κ1) is 9.89. The third-order valence-corrected chi connectivity index (χ3v) is 1.33. The van der Waals surface area contributed by atoms with E-state index in [4.69, 9.17) is 0 Å². The summed E-state index contributed by atoms with van der Waals surface area (Å²) in [5, 5.41) is 0. The molecule has 0 aliphatic rings. The highest BCUT2D eigenvalue weighted by molar-refractivity contribution is 5.99. The Morgan fingerprint density at radius 3 is 2.18 bits per heavy atom. The molecule has 0 aliphatic heterocycles. The molecule has 0 spiro atoms. The molecule has 0 unspecified atom stereocenters. The highest BCUT2D eigenvalue weighted by Gasteiger charge is 2.08. The Morgan fingerprint density at radius 1 is 1.36 bits per heavy atom. The van der Waals surface area contributed by atoms with Gasteiger partial charge in [0.15, 0.2) is 5.78 Å². The fourth-order valence-corrected chi connectivity index (χ4v) is 0.711. The summed E-state index contributed by atoms with van der Waals surface area (Å²) in [6.45, 7) is 10.8. The molecule has 0 bridgehead atoms. The molecule has 0 aromatic heterocycles. The Balaban J connectivity index is 4.51. The molecule has 1 heteroatoms. The Hall–Kier alpha value is -1.11. The lowest BCUT2D eigenvalue weighted by atomic mass is 10.0. The van der Waals surface area contributed by atoms with Crippen molar-refractivity contribution in [2.45, 2.75) is 13.8 Å². The molecule has 0 heterocycles. The van der Waals surface area contributed by atoms with Crippen LogP contribution in [-0.2, 0) is 4.79 Å². The van der Waals surface area contributed by atoms with E-state index in [-0.39, 0.29) is 11.7 Å². The molecule has 0 aromatic rings. The molecule has 1 nitrogen and oxygen atoms in total. The molecule has 0 saturated heterocycles. The maximum atomic E-state index is 11.3. The van der Waals surface area contributed by atoms with E-state index in [1.54, 1.807) is 18.2 Å². The van der Waals surface area contributed by atoms with E-state index < -0.39 is 0 Å². The summed E-state index contributed by atoms with van der Waals surface area (Å²) in [6.07, 6.45) is 4.83. The lowest BCUT2D eigenvalue weighted by Gasteiger charge is -2.02. The zero-order chi connectivity index (χ0) is 8.85. The van der Waals surface area contributed by atoms with Gasteiger partial charge in [0, 0.05) is 11.5 Å². The van der Waals surface area contributed by atoms with Crippen LogP contribution in [0.2, 0.25) is 0 Å². The van der Waals surface area contributed by atoms with Crippen molar-refractivity contribution in [2.75, 3.05) is 0 Å². The number of hydrogen-bond acceptors (Lipinski definition) is 1. The van der Waals surface area contributed by atoms with Crippen LogP contribution in [0.3, 0.4) is 0 Å². The molecule has 0 atom stereocenters. The minimum Gasteiger partial charge on any atom is -0.294 e. The van der Waals surface area contributed by atoms with Crippen molar-refractivity contribution in [3.05, 3.63) is 37.0 Å². The first-order valence-corrected chi connectivity index (χ1v) is 3.62. The van der Waals surface area contributed by atoms with Crippen LogP contribution in [0.1, 0.15) is 13.8 Å². The fraction of sp³-hybridized carbons (Fsp3) is 0.300. The highest BCUT2D eigenvalue weighted by Crippen LogP contribution is 2.06. The molecule has 0 amide bonds. The van der Waals surface area contributed by atoms with E-state index in [1.807, 2.05) is 13.8 Å². The van der Waals surface area contributed by atoms with Gasteiger partial charge in [-0.2, -0.15) is 0 Å². The molecule has 11 heavy (non-hydrogen) atoms. The number of allylic oxidation sites excluding steroid dienone is 4. The number of carbonyl (C=O) groups excluding carboxylic acids is 1. The second-order valence-corrected chi connectivity index (χ2v) is 2.58. The van der Waals surface area contributed by atoms with Gasteiger partial charge in [-0.3, -0.25) is 4.79 Å². The smallest absolute Gasteiger partial charge is 0.165 e. The molecule has 0 aromatic carbocycles. The second-order valence-electron chi connectivity index (χ2n) is 2.58. The number of carbonyl (C=O) groups is 1. The predicted octanol–water partition coefficient (Wildman–Crippen LogP) is 2.51. The average molecular weight is 150 g/mol. The zero-order valence-electron chi connectivity index (χ0n) is 7.13. The first-order valence-electron chi connectivity index (χ1n) is 3.62. The van der Waals surface area contributed by atoms with Crippen LogP contribution < -0.4 is 0 Å². The van der Waals surface area contributed by atoms with Gasteiger partial charge in [0.25, 0.3) is 0 Å². The van der Waals surface area contributed by atoms with Crippen molar-refractivity contribution >= 4 is 5.78 Å². The summed E-state index contributed by atoms with van der Waals surface area (Å²) < 4.78 is 0. The van der Waals surface area contributed by atoms with Crippen molar-refractivity contribution in [1.82, 2.24) is 0 Å². The minimum absolute atomic E-state index is 0.0270. The van der Waals surface area contributed by atoms with Crippen LogP contribution in [-0.4, -0.2) is 5.78 Å². The maximum absolute atomic E-state index is 11.3. The van der Waals surface area contributed by atoms with Gasteiger partial charge >= 0.3 is 0 Å². The molecule has 60 valence electrons. The average Bonchev–Trinajstić information content (AvgIpc) is 1.98. The summed E-state index contributed by atoms with van der Waals surface area (Å²) in [7, 11) is 0. The monoisotopic (exact) mass is 150 g/mol. The van der Waals surface area contributed by atoms with E-state index in [2.05, 4.69) is 13.2 Å². The van der Waals surface area contributed by atoms with E-state index in [0.717, 1.165) is 0 Å². The van der Waals surface area contributed by atoms with Gasteiger partial charge in [-0.15, -0.1) is 0 Å². The van der Waals surface area contributed by atoms with E-state index >= 15 is 0 Å². The van der Waals surface area contributed by atoms with E-state index in [0.29, 0.717) is 5.57 Å². The Labute approximate surface area is 68.1 Å². The quantitative estimate of drug-likeness (QED) is 0.444. The molecular weight excluding hydrogens is 136 g/mol. The molecule has 0 saturated carbocycles. The van der Waals surface area contributed by atoms with Gasteiger partial charge in [0.1, 0.15) is 0 Å². The molecule has 0 aliphatic carbocycles. The van der Waals surface area contributed by atoms with Gasteiger partial charge in [0.05, 0.1) is 0 Å². The predicted molar refractivity (Wildman–Crippen MR) is 48.3 cm³/mol. The van der Waals surface area contributed by atoms with Crippen molar-refractivity contribution in [3.63, 3.8) is 0 Å². The van der Waals surface area contributed by atoms with Gasteiger partial charge in [0.2, 0.25) is 0 Å². The molecule has 0 N–H and O–H groups in total. The van der Waals surface area contributed by atoms with Crippen LogP contribution in [0.15, 0.2) is 37.0 Å². The van der Waals surface area contributed by atoms with Crippen molar-refractivity contribution < 1.29 is 4.79 Å². The number of ketones is 1. The molecule has 0 radical (unpaired) electrons. The van der Waals surface area contributed by atoms with Gasteiger partial charge < -0.3 is 0 Å². The Kier molecular flexibility index (Phi) is 4.20. The van der Waals surface area contributed by atoms with Crippen LogP contribution in [0.4, 0.5) is 0 Å².